The number of rotatable bonds is 2. The van der Waals surface area contributed by atoms with E-state index in [2.05, 4.69) is 0 Å². The van der Waals surface area contributed by atoms with E-state index < -0.39 is 25.1 Å². The fraction of sp³-hybridized carbons (Fsp3) is 0.692. The minimum atomic E-state index is -3.43. The van der Waals surface area contributed by atoms with Gasteiger partial charge in [0.05, 0.1) is 16.8 Å². The molecule has 2 aliphatic heterocycles. The van der Waals surface area contributed by atoms with Gasteiger partial charge < -0.3 is 0 Å². The highest BCUT2D eigenvalue weighted by Gasteiger charge is 2.40. The summed E-state index contributed by atoms with van der Waals surface area (Å²) in [5, 5.41) is 1.45. The molecule has 1 saturated heterocycles. The summed E-state index contributed by atoms with van der Waals surface area (Å²) in [6.45, 7) is 2.42. The van der Waals surface area contributed by atoms with Gasteiger partial charge in [-0.2, -0.15) is 4.31 Å². The number of hydrogen-bond donors (Lipinski definition) is 0. The Bertz CT molecular complexity index is 721. The summed E-state index contributed by atoms with van der Waals surface area (Å²) < 4.78 is 50.2. The van der Waals surface area contributed by atoms with Gasteiger partial charge >= 0.3 is 0 Å². The molecule has 1 aromatic heterocycles. The molecule has 118 valence electrons. The van der Waals surface area contributed by atoms with Gasteiger partial charge in [-0.05, 0) is 43.2 Å². The molecular formula is C13H19NO4S3. The number of nitrogens with zero attached hydrogens (tertiary/aromatic N) is 1. The van der Waals surface area contributed by atoms with E-state index in [1.807, 2.05) is 18.4 Å². The standard InChI is InChI=1S/C13H19NO4S3/c1-10-12-3-7-19-13(12)2-6-14(10)21(17,18)11-4-8-20(15,16)9-5-11/h3,7,10-11H,2,4-6,8-9H2,1H3/t10-/m0/s1. The van der Waals surface area contributed by atoms with Crippen molar-refractivity contribution >= 4 is 31.2 Å². The smallest absolute Gasteiger partial charge is 0.217 e. The van der Waals surface area contributed by atoms with Crippen LogP contribution in [0.5, 0.6) is 0 Å². The SMILES string of the molecule is C[C@H]1c2ccsc2CCN1S(=O)(=O)C1CCS(=O)(=O)CC1. The molecule has 21 heavy (non-hydrogen) atoms. The maximum Gasteiger partial charge on any atom is 0.217 e. The summed E-state index contributed by atoms with van der Waals surface area (Å²) in [6.07, 6.45) is 1.20. The van der Waals surface area contributed by atoms with Gasteiger partial charge in [0.15, 0.2) is 0 Å². The Balaban J connectivity index is 1.83. The molecule has 0 radical (unpaired) electrons. The third kappa shape index (κ3) is 2.78. The van der Waals surface area contributed by atoms with Gasteiger partial charge in [-0.3, -0.25) is 0 Å². The summed E-state index contributed by atoms with van der Waals surface area (Å²) in [4.78, 5) is 1.26. The zero-order valence-corrected chi connectivity index (χ0v) is 14.3. The van der Waals surface area contributed by atoms with Crippen LogP contribution in [0, 0.1) is 0 Å². The second-order valence-corrected chi connectivity index (χ2v) is 11.2. The van der Waals surface area contributed by atoms with Crippen LogP contribution in [0.4, 0.5) is 0 Å². The highest BCUT2D eigenvalue weighted by molar-refractivity contribution is 7.92. The molecule has 0 unspecified atom stereocenters. The summed E-state index contributed by atoms with van der Waals surface area (Å²) in [6, 6.07) is 1.85. The molecule has 1 atom stereocenters. The molecule has 1 fully saturated rings. The zero-order valence-electron chi connectivity index (χ0n) is 11.9. The quantitative estimate of drug-likeness (QED) is 0.812. The maximum atomic E-state index is 12.8. The number of sulfone groups is 1. The Morgan fingerprint density at radius 1 is 1.29 bits per heavy atom. The lowest BCUT2D eigenvalue weighted by Gasteiger charge is -2.36. The number of sulfonamides is 1. The van der Waals surface area contributed by atoms with Crippen LogP contribution in [0.1, 0.15) is 36.2 Å². The molecule has 0 aromatic carbocycles. The summed E-state index contributed by atoms with van der Waals surface area (Å²) >= 11 is 1.68. The van der Waals surface area contributed by atoms with Crippen molar-refractivity contribution in [2.24, 2.45) is 0 Å². The first-order chi connectivity index (χ1) is 9.81. The molecule has 3 rings (SSSR count). The molecule has 1 aromatic rings. The Hall–Kier alpha value is -0.440. The molecule has 2 aliphatic rings. The van der Waals surface area contributed by atoms with E-state index in [0.717, 1.165) is 12.0 Å². The molecule has 0 spiro atoms. The third-order valence-electron chi connectivity index (χ3n) is 4.47. The van der Waals surface area contributed by atoms with Gasteiger partial charge in [-0.25, -0.2) is 16.8 Å². The summed E-state index contributed by atoms with van der Waals surface area (Å²) in [7, 11) is -6.47. The van der Waals surface area contributed by atoms with Crippen LogP contribution < -0.4 is 0 Å². The van der Waals surface area contributed by atoms with E-state index >= 15 is 0 Å². The van der Waals surface area contributed by atoms with Gasteiger partial charge in [-0.1, -0.05) is 0 Å². The average molecular weight is 349 g/mol. The van der Waals surface area contributed by atoms with Gasteiger partial charge in [0, 0.05) is 17.5 Å². The largest absolute Gasteiger partial charge is 0.229 e. The first kappa shape index (κ1) is 15.5. The van der Waals surface area contributed by atoms with Crippen molar-refractivity contribution in [3.8, 4) is 0 Å². The molecule has 0 saturated carbocycles. The highest BCUT2D eigenvalue weighted by atomic mass is 32.2. The molecule has 3 heterocycles. The molecule has 0 aliphatic carbocycles. The van der Waals surface area contributed by atoms with Crippen molar-refractivity contribution in [2.75, 3.05) is 18.1 Å². The maximum absolute atomic E-state index is 12.8. The minimum absolute atomic E-state index is 0.0111. The van der Waals surface area contributed by atoms with Crippen molar-refractivity contribution in [2.45, 2.75) is 37.5 Å². The normalized spacial score (nSPS) is 27.4. The van der Waals surface area contributed by atoms with Crippen LogP contribution in [0.25, 0.3) is 0 Å². The number of thiophene rings is 1. The van der Waals surface area contributed by atoms with E-state index in [1.54, 1.807) is 15.6 Å². The Morgan fingerprint density at radius 3 is 2.62 bits per heavy atom. The first-order valence-corrected chi connectivity index (χ1v) is 11.3. The van der Waals surface area contributed by atoms with E-state index in [9.17, 15) is 16.8 Å². The van der Waals surface area contributed by atoms with E-state index in [0.29, 0.717) is 6.54 Å². The predicted molar refractivity (Wildman–Crippen MR) is 83.7 cm³/mol. The van der Waals surface area contributed by atoms with E-state index in [1.165, 1.54) is 4.88 Å². The van der Waals surface area contributed by atoms with Gasteiger partial charge in [-0.15, -0.1) is 11.3 Å². The fourth-order valence-corrected chi connectivity index (χ4v) is 8.06. The van der Waals surface area contributed by atoms with Crippen molar-refractivity contribution in [3.05, 3.63) is 21.9 Å². The number of fused-ring (bicyclic) bond motifs is 1. The van der Waals surface area contributed by atoms with Gasteiger partial charge in [0.1, 0.15) is 9.84 Å². The van der Waals surface area contributed by atoms with Crippen molar-refractivity contribution in [1.29, 1.82) is 0 Å². The van der Waals surface area contributed by atoms with Crippen molar-refractivity contribution < 1.29 is 16.8 Å². The Labute approximate surface area is 129 Å². The van der Waals surface area contributed by atoms with Crippen LogP contribution in [0.15, 0.2) is 11.4 Å². The lowest BCUT2D eigenvalue weighted by molar-refractivity contribution is 0.323. The van der Waals surface area contributed by atoms with Gasteiger partial charge in [0.2, 0.25) is 10.0 Å². The van der Waals surface area contributed by atoms with E-state index in [4.69, 9.17) is 0 Å². The predicted octanol–water partition coefficient (Wildman–Crippen LogP) is 1.57. The molecular weight excluding hydrogens is 330 g/mol. The zero-order chi connectivity index (χ0) is 15.3. The molecule has 0 bridgehead atoms. The lowest BCUT2D eigenvalue weighted by Crippen LogP contribution is -2.45. The average Bonchev–Trinajstić information content (AvgIpc) is 2.87. The monoisotopic (exact) mass is 349 g/mol. The molecule has 5 nitrogen and oxygen atoms in total. The minimum Gasteiger partial charge on any atom is -0.229 e. The second kappa shape index (κ2) is 5.33. The van der Waals surface area contributed by atoms with Crippen LogP contribution >= 0.6 is 11.3 Å². The topological polar surface area (TPSA) is 71.5 Å². The van der Waals surface area contributed by atoms with Crippen LogP contribution in [0.2, 0.25) is 0 Å². The molecule has 8 heteroatoms. The van der Waals surface area contributed by atoms with Crippen molar-refractivity contribution in [1.82, 2.24) is 4.31 Å². The van der Waals surface area contributed by atoms with Crippen LogP contribution in [0.3, 0.4) is 0 Å². The van der Waals surface area contributed by atoms with Gasteiger partial charge in [0.25, 0.3) is 0 Å². The fourth-order valence-electron chi connectivity index (χ4n) is 3.19. The number of hydrogen-bond acceptors (Lipinski definition) is 5. The Morgan fingerprint density at radius 2 is 1.95 bits per heavy atom. The van der Waals surface area contributed by atoms with Crippen LogP contribution in [-0.4, -0.2) is 44.4 Å². The molecule has 0 amide bonds. The first-order valence-electron chi connectivity index (χ1n) is 7.08. The summed E-state index contributed by atoms with van der Waals surface area (Å²) in [5.41, 5.74) is 1.10. The highest BCUT2D eigenvalue weighted by Crippen LogP contribution is 2.36. The molecule has 0 N–H and O–H groups in total. The van der Waals surface area contributed by atoms with E-state index in [-0.39, 0.29) is 30.4 Å². The Kier molecular flexibility index (Phi) is 3.92. The van der Waals surface area contributed by atoms with Crippen molar-refractivity contribution in [3.63, 3.8) is 0 Å². The lowest BCUT2D eigenvalue weighted by atomic mass is 10.0. The second-order valence-electron chi connectivity index (χ2n) is 5.73. The summed E-state index contributed by atoms with van der Waals surface area (Å²) in [5.74, 6) is -0.0222. The van der Waals surface area contributed by atoms with Crippen LogP contribution in [-0.2, 0) is 26.3 Å². The third-order valence-corrected chi connectivity index (χ3v) is 9.65.